The summed E-state index contributed by atoms with van der Waals surface area (Å²) in [6, 6.07) is 20.8. The monoisotopic (exact) mass is 365 g/mol. The zero-order chi connectivity index (χ0) is 19.1. The van der Waals surface area contributed by atoms with E-state index in [0.29, 0.717) is 17.9 Å². The van der Waals surface area contributed by atoms with Gasteiger partial charge in [0.05, 0.1) is 11.3 Å². The standard InChI is InChI=1S/C22H20FNO3/c1-16-11-12-19(23)20(15-16)24-22(25)18-9-5-6-10-21(18)27-14-13-26-17-7-3-2-4-8-17/h2-12,15H,13-14H2,1H3,(H,24,25). The van der Waals surface area contributed by atoms with Crippen LogP contribution < -0.4 is 14.8 Å². The quantitative estimate of drug-likeness (QED) is 0.609. The highest BCUT2D eigenvalue weighted by Gasteiger charge is 2.14. The first-order valence-electron chi connectivity index (χ1n) is 8.60. The molecule has 0 aliphatic rings. The summed E-state index contributed by atoms with van der Waals surface area (Å²) in [7, 11) is 0. The first kappa shape index (κ1) is 18.5. The van der Waals surface area contributed by atoms with E-state index < -0.39 is 11.7 Å². The van der Waals surface area contributed by atoms with Gasteiger partial charge in [-0.1, -0.05) is 36.4 Å². The van der Waals surface area contributed by atoms with Crippen molar-refractivity contribution < 1.29 is 18.7 Å². The van der Waals surface area contributed by atoms with Crippen LogP contribution in [0, 0.1) is 12.7 Å². The highest BCUT2D eigenvalue weighted by Crippen LogP contribution is 2.22. The number of aryl methyl sites for hydroxylation is 1. The largest absolute Gasteiger partial charge is 0.490 e. The molecule has 0 aliphatic heterocycles. The van der Waals surface area contributed by atoms with Crippen LogP contribution in [0.15, 0.2) is 72.8 Å². The minimum absolute atomic E-state index is 0.141. The summed E-state index contributed by atoms with van der Waals surface area (Å²) in [5.74, 6) is 0.254. The number of benzene rings is 3. The summed E-state index contributed by atoms with van der Waals surface area (Å²) in [6.45, 7) is 2.45. The van der Waals surface area contributed by atoms with Crippen LogP contribution in [0.4, 0.5) is 10.1 Å². The van der Waals surface area contributed by atoms with Crippen molar-refractivity contribution in [1.29, 1.82) is 0 Å². The Morgan fingerprint density at radius 1 is 0.926 bits per heavy atom. The second kappa shape index (κ2) is 8.85. The molecule has 0 aliphatic carbocycles. The minimum atomic E-state index is -0.483. The van der Waals surface area contributed by atoms with E-state index in [4.69, 9.17) is 9.47 Å². The van der Waals surface area contributed by atoms with Crippen LogP contribution in [0.2, 0.25) is 0 Å². The van der Waals surface area contributed by atoms with Crippen molar-refractivity contribution in [3.63, 3.8) is 0 Å². The maximum absolute atomic E-state index is 13.9. The van der Waals surface area contributed by atoms with Crippen molar-refractivity contribution in [2.45, 2.75) is 6.92 Å². The number of para-hydroxylation sites is 2. The maximum atomic E-state index is 13.9. The number of rotatable bonds is 7. The topological polar surface area (TPSA) is 47.6 Å². The lowest BCUT2D eigenvalue weighted by Crippen LogP contribution is -2.16. The van der Waals surface area contributed by atoms with Gasteiger partial charge in [0.25, 0.3) is 5.91 Å². The number of nitrogens with one attached hydrogen (secondary N) is 1. The lowest BCUT2D eigenvalue weighted by molar-refractivity contribution is 0.102. The predicted octanol–water partition coefficient (Wildman–Crippen LogP) is 4.84. The molecule has 0 spiro atoms. The van der Waals surface area contributed by atoms with Gasteiger partial charge in [0, 0.05) is 0 Å². The lowest BCUT2D eigenvalue weighted by atomic mass is 10.1. The van der Waals surface area contributed by atoms with Gasteiger partial charge in [-0.3, -0.25) is 4.79 Å². The van der Waals surface area contributed by atoms with E-state index in [2.05, 4.69) is 5.32 Å². The normalized spacial score (nSPS) is 10.3. The number of amides is 1. The molecule has 3 aromatic rings. The third kappa shape index (κ3) is 5.07. The first-order valence-corrected chi connectivity index (χ1v) is 8.60. The van der Waals surface area contributed by atoms with E-state index in [1.807, 2.05) is 37.3 Å². The molecule has 3 aromatic carbocycles. The summed E-state index contributed by atoms with van der Waals surface area (Å²) in [5, 5.41) is 2.60. The van der Waals surface area contributed by atoms with Crippen LogP contribution >= 0.6 is 0 Å². The summed E-state index contributed by atoms with van der Waals surface area (Å²) < 4.78 is 25.2. The molecule has 138 valence electrons. The minimum Gasteiger partial charge on any atom is -0.490 e. The molecule has 0 bridgehead atoms. The number of halogens is 1. The van der Waals surface area contributed by atoms with Gasteiger partial charge in [0.2, 0.25) is 0 Å². The fourth-order valence-corrected chi connectivity index (χ4v) is 2.53. The van der Waals surface area contributed by atoms with Gasteiger partial charge < -0.3 is 14.8 Å². The average molecular weight is 365 g/mol. The Labute approximate surface area is 157 Å². The van der Waals surface area contributed by atoms with Crippen LogP contribution in [0.5, 0.6) is 11.5 Å². The molecule has 0 saturated heterocycles. The van der Waals surface area contributed by atoms with Gasteiger partial charge in [-0.05, 0) is 48.9 Å². The second-order valence-corrected chi connectivity index (χ2v) is 5.94. The Balaban J connectivity index is 1.62. The van der Waals surface area contributed by atoms with E-state index in [0.717, 1.165) is 11.3 Å². The van der Waals surface area contributed by atoms with E-state index in [1.165, 1.54) is 6.07 Å². The summed E-state index contributed by atoms with van der Waals surface area (Å²) in [5.41, 5.74) is 1.33. The molecule has 1 N–H and O–H groups in total. The first-order chi connectivity index (χ1) is 13.1. The molecule has 0 radical (unpaired) electrons. The van der Waals surface area contributed by atoms with Gasteiger partial charge >= 0.3 is 0 Å². The van der Waals surface area contributed by atoms with Gasteiger partial charge in [-0.25, -0.2) is 4.39 Å². The van der Waals surface area contributed by atoms with E-state index in [-0.39, 0.29) is 12.3 Å². The van der Waals surface area contributed by atoms with Crippen molar-refractivity contribution >= 4 is 11.6 Å². The lowest BCUT2D eigenvalue weighted by Gasteiger charge is -2.13. The summed E-state index contributed by atoms with van der Waals surface area (Å²) in [4.78, 5) is 12.6. The van der Waals surface area contributed by atoms with E-state index >= 15 is 0 Å². The fraction of sp³-hybridized carbons (Fsp3) is 0.136. The van der Waals surface area contributed by atoms with Crippen LogP contribution in [0.3, 0.4) is 0 Å². The molecule has 0 aromatic heterocycles. The van der Waals surface area contributed by atoms with Crippen molar-refractivity contribution in [1.82, 2.24) is 0 Å². The average Bonchev–Trinajstić information content (AvgIpc) is 2.69. The molecular weight excluding hydrogens is 345 g/mol. The molecule has 27 heavy (non-hydrogen) atoms. The molecule has 0 saturated carbocycles. The Morgan fingerprint density at radius 3 is 2.44 bits per heavy atom. The third-order valence-electron chi connectivity index (χ3n) is 3.85. The highest BCUT2D eigenvalue weighted by molar-refractivity contribution is 6.06. The van der Waals surface area contributed by atoms with Crippen LogP contribution in [0.1, 0.15) is 15.9 Å². The number of hydrogen-bond donors (Lipinski definition) is 1. The van der Waals surface area contributed by atoms with Gasteiger partial charge in [0.1, 0.15) is 30.5 Å². The van der Waals surface area contributed by atoms with E-state index in [9.17, 15) is 9.18 Å². The fourth-order valence-electron chi connectivity index (χ4n) is 2.53. The predicted molar refractivity (Wildman–Crippen MR) is 103 cm³/mol. The van der Waals surface area contributed by atoms with Crippen molar-refractivity contribution in [3.8, 4) is 11.5 Å². The number of carbonyl (C=O) groups is 1. The highest BCUT2D eigenvalue weighted by atomic mass is 19.1. The van der Waals surface area contributed by atoms with Crippen molar-refractivity contribution in [2.24, 2.45) is 0 Å². The van der Waals surface area contributed by atoms with Gasteiger partial charge in [-0.15, -0.1) is 0 Å². The molecule has 0 heterocycles. The summed E-state index contributed by atoms with van der Waals surface area (Å²) in [6.07, 6.45) is 0. The third-order valence-corrected chi connectivity index (χ3v) is 3.85. The SMILES string of the molecule is Cc1ccc(F)c(NC(=O)c2ccccc2OCCOc2ccccc2)c1. The van der Waals surface area contributed by atoms with Crippen molar-refractivity contribution in [3.05, 3.63) is 89.7 Å². The number of anilines is 1. The molecule has 0 fully saturated rings. The molecule has 3 rings (SSSR count). The molecule has 0 atom stereocenters. The Bertz CT molecular complexity index is 912. The van der Waals surface area contributed by atoms with E-state index in [1.54, 1.807) is 36.4 Å². The molecule has 1 amide bonds. The Kier molecular flexibility index (Phi) is 6.05. The van der Waals surface area contributed by atoms with Crippen LogP contribution in [-0.2, 0) is 0 Å². The Hall–Kier alpha value is -3.34. The molecular formula is C22H20FNO3. The second-order valence-electron chi connectivity index (χ2n) is 5.94. The summed E-state index contributed by atoms with van der Waals surface area (Å²) >= 11 is 0. The van der Waals surface area contributed by atoms with Crippen LogP contribution in [-0.4, -0.2) is 19.1 Å². The molecule has 4 nitrogen and oxygen atoms in total. The van der Waals surface area contributed by atoms with Gasteiger partial charge in [-0.2, -0.15) is 0 Å². The zero-order valence-corrected chi connectivity index (χ0v) is 14.9. The van der Waals surface area contributed by atoms with Gasteiger partial charge in [0.15, 0.2) is 0 Å². The smallest absolute Gasteiger partial charge is 0.259 e. The molecule has 0 unspecified atom stereocenters. The number of hydrogen-bond acceptors (Lipinski definition) is 3. The Morgan fingerprint density at radius 2 is 1.63 bits per heavy atom. The number of ether oxygens (including phenoxy) is 2. The zero-order valence-electron chi connectivity index (χ0n) is 14.9. The van der Waals surface area contributed by atoms with Crippen molar-refractivity contribution in [2.75, 3.05) is 18.5 Å². The maximum Gasteiger partial charge on any atom is 0.259 e. The van der Waals surface area contributed by atoms with Crippen LogP contribution in [0.25, 0.3) is 0 Å². The molecule has 5 heteroatoms. The number of carbonyl (C=O) groups excluding carboxylic acids is 1.